The molecule has 3 aromatic heterocycles. The second kappa shape index (κ2) is 7.57. The number of fused-ring (bicyclic) bond motifs is 1. The molecule has 1 aliphatic rings. The van der Waals surface area contributed by atoms with Gasteiger partial charge in [0.15, 0.2) is 4.34 Å². The molecule has 10 heteroatoms. The number of thiophene rings is 1. The number of hydrogen-bond acceptors (Lipinski definition) is 8. The molecule has 0 radical (unpaired) electrons. The van der Waals surface area contributed by atoms with Crippen LogP contribution >= 0.6 is 34.4 Å². The SMILES string of the molecule is CCC(=O)N(c1nnc(S[C@H](C)c2nc3sc(C)c(C)c3c(=O)[nH]2)s1)C1CC1. The molecule has 0 bridgehead atoms. The fourth-order valence-corrected chi connectivity index (χ4v) is 6.16. The van der Waals surface area contributed by atoms with Crippen molar-refractivity contribution in [2.75, 3.05) is 4.90 Å². The van der Waals surface area contributed by atoms with Crippen LogP contribution in [0.3, 0.4) is 0 Å². The molecule has 28 heavy (non-hydrogen) atoms. The second-order valence-electron chi connectivity index (χ2n) is 6.87. The van der Waals surface area contributed by atoms with E-state index in [1.165, 1.54) is 23.1 Å². The topological polar surface area (TPSA) is 91.8 Å². The Morgan fingerprint density at radius 1 is 1.32 bits per heavy atom. The Kier molecular flexibility index (Phi) is 5.28. The number of anilines is 1. The first-order valence-electron chi connectivity index (χ1n) is 9.21. The first-order chi connectivity index (χ1) is 13.4. The number of carbonyl (C=O) groups is 1. The van der Waals surface area contributed by atoms with Gasteiger partial charge in [0.25, 0.3) is 5.56 Å². The molecule has 1 aliphatic carbocycles. The van der Waals surface area contributed by atoms with Crippen molar-refractivity contribution in [3.63, 3.8) is 0 Å². The Morgan fingerprint density at radius 2 is 2.07 bits per heavy atom. The Balaban J connectivity index is 1.57. The number of rotatable bonds is 6. The van der Waals surface area contributed by atoms with E-state index in [1.54, 1.807) is 16.2 Å². The predicted molar refractivity (Wildman–Crippen MR) is 115 cm³/mol. The van der Waals surface area contributed by atoms with Gasteiger partial charge in [-0.3, -0.25) is 14.5 Å². The van der Waals surface area contributed by atoms with Gasteiger partial charge in [0.2, 0.25) is 11.0 Å². The lowest BCUT2D eigenvalue weighted by atomic mass is 10.2. The van der Waals surface area contributed by atoms with Gasteiger partial charge in [-0.2, -0.15) is 0 Å². The van der Waals surface area contributed by atoms with Crippen LogP contribution in [-0.2, 0) is 4.79 Å². The highest BCUT2D eigenvalue weighted by Gasteiger charge is 2.35. The summed E-state index contributed by atoms with van der Waals surface area (Å²) in [5.41, 5.74) is 0.899. The Hall–Kier alpha value is -1.78. The molecule has 0 unspecified atom stereocenters. The van der Waals surface area contributed by atoms with Gasteiger partial charge in [-0.05, 0) is 39.2 Å². The Labute approximate surface area is 174 Å². The van der Waals surface area contributed by atoms with Crippen LogP contribution in [0.5, 0.6) is 0 Å². The summed E-state index contributed by atoms with van der Waals surface area (Å²) in [5.74, 6) is 0.715. The molecule has 0 saturated heterocycles. The lowest BCUT2D eigenvalue weighted by molar-refractivity contribution is -0.118. The Bertz CT molecular complexity index is 1100. The van der Waals surface area contributed by atoms with Crippen LogP contribution in [0.4, 0.5) is 5.13 Å². The summed E-state index contributed by atoms with van der Waals surface area (Å²) >= 11 is 4.46. The average Bonchev–Trinajstić information content (AvgIpc) is 3.31. The van der Waals surface area contributed by atoms with E-state index in [0.29, 0.717) is 22.8 Å². The normalized spacial score (nSPS) is 15.1. The quantitative estimate of drug-likeness (QED) is 0.461. The lowest BCUT2D eigenvalue weighted by Gasteiger charge is -2.17. The monoisotopic (exact) mass is 435 g/mol. The van der Waals surface area contributed by atoms with Gasteiger partial charge in [0, 0.05) is 17.3 Å². The molecule has 0 aromatic carbocycles. The number of nitrogens with zero attached hydrogens (tertiary/aromatic N) is 4. The third kappa shape index (κ3) is 3.60. The molecular formula is C18H21N5O2S3. The lowest BCUT2D eigenvalue weighted by Crippen LogP contribution is -2.32. The molecule has 1 atom stereocenters. The minimum atomic E-state index is -0.0966. The molecule has 0 spiro atoms. The van der Waals surface area contributed by atoms with Crippen LogP contribution in [0.2, 0.25) is 0 Å². The van der Waals surface area contributed by atoms with Crippen LogP contribution in [0.25, 0.3) is 10.2 Å². The maximum atomic E-state index is 12.5. The summed E-state index contributed by atoms with van der Waals surface area (Å²) < 4.78 is 0.762. The van der Waals surface area contributed by atoms with Crippen LogP contribution in [0.1, 0.15) is 54.6 Å². The molecule has 3 heterocycles. The van der Waals surface area contributed by atoms with Crippen molar-refractivity contribution in [1.29, 1.82) is 0 Å². The molecule has 7 nitrogen and oxygen atoms in total. The van der Waals surface area contributed by atoms with Gasteiger partial charge in [0.1, 0.15) is 10.7 Å². The second-order valence-corrected chi connectivity index (χ2v) is 10.6. The number of aromatic amines is 1. The summed E-state index contributed by atoms with van der Waals surface area (Å²) in [6.07, 6.45) is 2.50. The van der Waals surface area contributed by atoms with E-state index in [-0.39, 0.29) is 22.8 Å². The third-order valence-electron chi connectivity index (χ3n) is 4.81. The number of aryl methyl sites for hydroxylation is 2. The van der Waals surface area contributed by atoms with Gasteiger partial charge < -0.3 is 4.98 Å². The maximum Gasteiger partial charge on any atom is 0.259 e. The van der Waals surface area contributed by atoms with Crippen molar-refractivity contribution in [3.8, 4) is 0 Å². The number of carbonyl (C=O) groups excluding carboxylic acids is 1. The number of nitrogens with one attached hydrogen (secondary N) is 1. The highest BCUT2D eigenvalue weighted by atomic mass is 32.2. The van der Waals surface area contributed by atoms with Crippen molar-refractivity contribution < 1.29 is 4.79 Å². The zero-order valence-electron chi connectivity index (χ0n) is 16.1. The molecule has 0 aliphatic heterocycles. The number of H-pyrrole nitrogens is 1. The molecule has 3 aromatic rings. The smallest absolute Gasteiger partial charge is 0.259 e. The molecule has 4 rings (SSSR count). The number of thioether (sulfide) groups is 1. The molecular weight excluding hydrogens is 414 g/mol. The van der Waals surface area contributed by atoms with Gasteiger partial charge >= 0.3 is 0 Å². The summed E-state index contributed by atoms with van der Waals surface area (Å²) in [7, 11) is 0. The van der Waals surface area contributed by atoms with Crippen LogP contribution in [0, 0.1) is 13.8 Å². The first kappa shape index (κ1) is 19.5. The first-order valence-corrected chi connectivity index (χ1v) is 11.7. The highest BCUT2D eigenvalue weighted by Crippen LogP contribution is 2.40. The van der Waals surface area contributed by atoms with Crippen molar-refractivity contribution >= 4 is 55.7 Å². The van der Waals surface area contributed by atoms with Crippen molar-refractivity contribution in [2.24, 2.45) is 0 Å². The average molecular weight is 436 g/mol. The van der Waals surface area contributed by atoms with Crippen molar-refractivity contribution in [1.82, 2.24) is 20.2 Å². The predicted octanol–water partition coefficient (Wildman–Crippen LogP) is 4.21. The van der Waals surface area contributed by atoms with Gasteiger partial charge in [-0.25, -0.2) is 4.98 Å². The maximum absolute atomic E-state index is 12.5. The summed E-state index contributed by atoms with van der Waals surface area (Å²) in [6, 6.07) is 0.265. The fraction of sp³-hybridized carbons (Fsp3) is 0.500. The van der Waals surface area contributed by atoms with Crippen LogP contribution in [0.15, 0.2) is 9.13 Å². The standard InChI is InChI=1S/C18H21N5O2S3/c1-5-12(24)23(11-6-7-11)17-21-22-18(28-17)27-10(4)14-19-15(25)13-8(2)9(3)26-16(13)20-14/h10-11H,5-7H2,1-4H3,(H,19,20,25)/t10-/m1/s1. The van der Waals surface area contributed by atoms with Gasteiger partial charge in [-0.15, -0.1) is 21.5 Å². The molecule has 1 saturated carbocycles. The fourth-order valence-electron chi connectivity index (χ4n) is 2.99. The number of hydrogen-bond donors (Lipinski definition) is 1. The summed E-state index contributed by atoms with van der Waals surface area (Å²) in [6.45, 7) is 7.81. The van der Waals surface area contributed by atoms with E-state index < -0.39 is 0 Å². The van der Waals surface area contributed by atoms with Gasteiger partial charge in [-0.1, -0.05) is 30.0 Å². The molecule has 1 fully saturated rings. The largest absolute Gasteiger partial charge is 0.309 e. The molecule has 148 valence electrons. The third-order valence-corrected chi connectivity index (χ3v) is 8.02. The van der Waals surface area contributed by atoms with Crippen LogP contribution < -0.4 is 10.5 Å². The minimum absolute atomic E-state index is 0.0862. The van der Waals surface area contributed by atoms with E-state index in [2.05, 4.69) is 20.2 Å². The summed E-state index contributed by atoms with van der Waals surface area (Å²) in [4.78, 5) is 36.0. The highest BCUT2D eigenvalue weighted by molar-refractivity contribution is 8.01. The number of amides is 1. The van der Waals surface area contributed by atoms with E-state index in [4.69, 9.17) is 0 Å². The van der Waals surface area contributed by atoms with E-state index in [0.717, 1.165) is 32.5 Å². The van der Waals surface area contributed by atoms with E-state index in [9.17, 15) is 9.59 Å². The van der Waals surface area contributed by atoms with Crippen LogP contribution in [-0.4, -0.2) is 32.1 Å². The van der Waals surface area contributed by atoms with Gasteiger partial charge in [0.05, 0.1) is 10.6 Å². The van der Waals surface area contributed by atoms with Crippen molar-refractivity contribution in [2.45, 2.75) is 62.6 Å². The minimum Gasteiger partial charge on any atom is -0.309 e. The van der Waals surface area contributed by atoms with E-state index in [1.807, 2.05) is 27.7 Å². The van der Waals surface area contributed by atoms with E-state index >= 15 is 0 Å². The Morgan fingerprint density at radius 3 is 2.75 bits per heavy atom. The van der Waals surface area contributed by atoms with Crippen molar-refractivity contribution in [3.05, 3.63) is 26.6 Å². The zero-order valence-corrected chi connectivity index (χ0v) is 18.6. The molecule has 1 amide bonds. The number of aromatic nitrogens is 4. The molecule has 1 N–H and O–H groups in total. The zero-order chi connectivity index (χ0) is 20.0. The summed E-state index contributed by atoms with van der Waals surface area (Å²) in [5, 5.41) is 9.74.